The van der Waals surface area contributed by atoms with Crippen LogP contribution in [0.25, 0.3) is 0 Å². The predicted octanol–water partition coefficient (Wildman–Crippen LogP) is 5.30. The Bertz CT molecular complexity index is 1390. The fraction of sp³-hybridized carbons (Fsp3) is 0.259. The number of carbonyl (C=O) groups excluding carboxylic acids is 2. The Morgan fingerprint density at radius 3 is 2.32 bits per heavy atom. The highest BCUT2D eigenvalue weighted by Crippen LogP contribution is 2.26. The predicted molar refractivity (Wildman–Crippen MR) is 156 cm³/mol. The Morgan fingerprint density at radius 2 is 1.71 bits per heavy atom. The molecule has 0 radical (unpaired) electrons. The largest absolute Gasteiger partial charge is 0.355 e. The van der Waals surface area contributed by atoms with Gasteiger partial charge in [-0.1, -0.05) is 81.6 Å². The molecule has 202 valence electrons. The summed E-state index contributed by atoms with van der Waals surface area (Å²) in [5.41, 5.74) is 1.73. The van der Waals surface area contributed by atoms with E-state index >= 15 is 0 Å². The van der Waals surface area contributed by atoms with Gasteiger partial charge in [0.05, 0.1) is 11.9 Å². The molecule has 7 nitrogen and oxygen atoms in total. The monoisotopic (exact) mass is 639 g/mol. The fourth-order valence-corrected chi connectivity index (χ4v) is 5.62. The number of nitrogens with one attached hydrogen (secondary N) is 1. The maximum Gasteiger partial charge on any atom is 0.244 e. The van der Waals surface area contributed by atoms with Crippen LogP contribution in [-0.4, -0.2) is 50.5 Å². The molecule has 2 amide bonds. The Labute approximate surface area is 241 Å². The summed E-state index contributed by atoms with van der Waals surface area (Å²) in [6.45, 7) is 1.62. The lowest BCUT2D eigenvalue weighted by Crippen LogP contribution is -2.53. The molecule has 0 aromatic heterocycles. The molecule has 3 rings (SSSR count). The minimum absolute atomic E-state index is 0.0282. The first-order chi connectivity index (χ1) is 18.0. The SMILES string of the molecule is CCNC(=O)[C@H](Cc1ccccc1)N(Cc1ccc(Cl)cc1Cl)C(=O)CN(c1cccc(Br)c1)S(C)(=O)=O. The summed E-state index contributed by atoms with van der Waals surface area (Å²) in [7, 11) is -3.84. The zero-order valence-corrected chi connectivity index (χ0v) is 24.8. The molecule has 1 atom stereocenters. The zero-order chi connectivity index (χ0) is 27.9. The van der Waals surface area contributed by atoms with Gasteiger partial charge in [0.25, 0.3) is 0 Å². The molecule has 0 aliphatic heterocycles. The lowest BCUT2D eigenvalue weighted by molar-refractivity contribution is -0.140. The van der Waals surface area contributed by atoms with Crippen molar-refractivity contribution in [2.24, 2.45) is 0 Å². The van der Waals surface area contributed by atoms with E-state index in [4.69, 9.17) is 23.2 Å². The zero-order valence-electron chi connectivity index (χ0n) is 20.9. The number of nitrogens with zero attached hydrogens (tertiary/aromatic N) is 2. The Kier molecular flexibility index (Phi) is 10.6. The standard InChI is InChI=1S/C27H28BrCl2N3O4S/c1-3-31-27(35)25(14-19-8-5-4-6-9-19)32(17-20-12-13-22(29)16-24(20)30)26(34)18-33(38(2,36)37)23-11-7-10-21(28)15-23/h4-13,15-16,25H,3,14,17-18H2,1-2H3,(H,31,35)/t25-/m0/s1. The van der Waals surface area contributed by atoms with Gasteiger partial charge in [0.2, 0.25) is 21.8 Å². The van der Waals surface area contributed by atoms with Crippen molar-refractivity contribution < 1.29 is 18.0 Å². The van der Waals surface area contributed by atoms with E-state index in [0.717, 1.165) is 16.1 Å². The van der Waals surface area contributed by atoms with Crippen LogP contribution in [0.4, 0.5) is 5.69 Å². The van der Waals surface area contributed by atoms with Crippen LogP contribution < -0.4 is 9.62 Å². The molecule has 3 aromatic rings. The topological polar surface area (TPSA) is 86.8 Å². The first-order valence-corrected chi connectivity index (χ1v) is 15.2. The van der Waals surface area contributed by atoms with Crippen molar-refractivity contribution in [1.29, 1.82) is 0 Å². The third-order valence-corrected chi connectivity index (χ3v) is 7.97. The highest BCUT2D eigenvalue weighted by atomic mass is 79.9. The number of hydrogen-bond donors (Lipinski definition) is 1. The van der Waals surface area contributed by atoms with Gasteiger partial charge in [-0.3, -0.25) is 13.9 Å². The van der Waals surface area contributed by atoms with Crippen molar-refractivity contribution in [1.82, 2.24) is 10.2 Å². The molecular formula is C27H28BrCl2N3O4S. The van der Waals surface area contributed by atoms with Gasteiger partial charge in [0, 0.05) is 34.0 Å². The van der Waals surface area contributed by atoms with E-state index in [1.807, 2.05) is 30.3 Å². The highest BCUT2D eigenvalue weighted by Gasteiger charge is 2.33. The Balaban J connectivity index is 2.07. The number of amides is 2. The summed E-state index contributed by atoms with van der Waals surface area (Å²) in [5, 5.41) is 3.57. The van der Waals surface area contributed by atoms with E-state index in [0.29, 0.717) is 32.3 Å². The maximum absolute atomic E-state index is 13.9. The molecule has 0 heterocycles. The molecule has 0 spiro atoms. The Hall–Kier alpha value is -2.59. The second kappa shape index (κ2) is 13.5. The van der Waals surface area contributed by atoms with Gasteiger partial charge in [-0.25, -0.2) is 8.42 Å². The molecule has 0 aliphatic rings. The Morgan fingerprint density at radius 1 is 1.00 bits per heavy atom. The summed E-state index contributed by atoms with van der Waals surface area (Å²) in [5.74, 6) is -0.920. The third kappa shape index (κ3) is 8.20. The molecule has 1 N–H and O–H groups in total. The van der Waals surface area contributed by atoms with Gasteiger partial charge in [0.1, 0.15) is 12.6 Å². The number of benzene rings is 3. The van der Waals surface area contributed by atoms with Gasteiger partial charge in [-0.05, 0) is 48.4 Å². The number of carbonyl (C=O) groups is 2. The van der Waals surface area contributed by atoms with E-state index in [2.05, 4.69) is 21.2 Å². The minimum Gasteiger partial charge on any atom is -0.355 e. The fourth-order valence-electron chi connectivity index (χ4n) is 3.92. The van der Waals surface area contributed by atoms with Crippen molar-refractivity contribution in [2.75, 3.05) is 23.7 Å². The van der Waals surface area contributed by atoms with E-state index in [1.165, 1.54) is 4.90 Å². The molecule has 0 aliphatic carbocycles. The molecule has 0 bridgehead atoms. The van der Waals surface area contributed by atoms with E-state index in [1.54, 1.807) is 49.4 Å². The van der Waals surface area contributed by atoms with E-state index < -0.39 is 28.5 Å². The number of anilines is 1. The van der Waals surface area contributed by atoms with Gasteiger partial charge < -0.3 is 10.2 Å². The smallest absolute Gasteiger partial charge is 0.244 e. The van der Waals surface area contributed by atoms with Crippen LogP contribution in [0.5, 0.6) is 0 Å². The molecular weight excluding hydrogens is 613 g/mol. The molecule has 38 heavy (non-hydrogen) atoms. The first-order valence-electron chi connectivity index (χ1n) is 11.8. The van der Waals surface area contributed by atoms with Gasteiger partial charge >= 0.3 is 0 Å². The van der Waals surface area contributed by atoms with Crippen molar-refractivity contribution in [3.63, 3.8) is 0 Å². The summed E-state index contributed by atoms with van der Waals surface area (Å²) < 4.78 is 27.2. The number of sulfonamides is 1. The van der Waals surface area contributed by atoms with Crippen LogP contribution >= 0.6 is 39.1 Å². The third-order valence-electron chi connectivity index (χ3n) is 5.75. The van der Waals surface area contributed by atoms with Crippen LogP contribution in [0.3, 0.4) is 0 Å². The summed E-state index contributed by atoms with van der Waals surface area (Å²) >= 11 is 15.9. The van der Waals surface area contributed by atoms with Crippen molar-refractivity contribution in [3.8, 4) is 0 Å². The van der Waals surface area contributed by atoms with Crippen LogP contribution in [0, 0.1) is 0 Å². The first kappa shape index (κ1) is 30.0. The van der Waals surface area contributed by atoms with Gasteiger partial charge in [-0.15, -0.1) is 0 Å². The number of hydrogen-bond acceptors (Lipinski definition) is 4. The molecule has 3 aromatic carbocycles. The average Bonchev–Trinajstić information content (AvgIpc) is 2.85. The summed E-state index contributed by atoms with van der Waals surface area (Å²) in [6.07, 6.45) is 1.26. The van der Waals surface area contributed by atoms with Crippen LogP contribution in [-0.2, 0) is 32.6 Å². The van der Waals surface area contributed by atoms with Gasteiger partial charge in [0.15, 0.2) is 0 Å². The normalized spacial score (nSPS) is 12.0. The van der Waals surface area contributed by atoms with E-state index in [9.17, 15) is 18.0 Å². The second-order valence-corrected chi connectivity index (χ2v) is 12.3. The molecule has 0 saturated carbocycles. The van der Waals surface area contributed by atoms with Crippen LogP contribution in [0.15, 0.2) is 77.3 Å². The molecule has 11 heteroatoms. The molecule has 0 unspecified atom stereocenters. The van der Waals surface area contributed by atoms with Gasteiger partial charge in [-0.2, -0.15) is 0 Å². The maximum atomic E-state index is 13.9. The van der Waals surface area contributed by atoms with Crippen LogP contribution in [0.1, 0.15) is 18.1 Å². The van der Waals surface area contributed by atoms with Crippen molar-refractivity contribution in [2.45, 2.75) is 25.9 Å². The lowest BCUT2D eigenvalue weighted by Gasteiger charge is -2.33. The quantitative estimate of drug-likeness (QED) is 0.308. The highest BCUT2D eigenvalue weighted by molar-refractivity contribution is 9.10. The molecule has 0 fully saturated rings. The number of rotatable bonds is 11. The van der Waals surface area contributed by atoms with E-state index in [-0.39, 0.29) is 18.9 Å². The molecule has 0 saturated heterocycles. The minimum atomic E-state index is -3.84. The second-order valence-electron chi connectivity index (χ2n) is 8.61. The van der Waals surface area contributed by atoms with Crippen molar-refractivity contribution in [3.05, 3.63) is 98.4 Å². The number of likely N-dealkylation sites (N-methyl/N-ethyl adjacent to an activating group) is 1. The van der Waals surface area contributed by atoms with Crippen LogP contribution in [0.2, 0.25) is 10.0 Å². The average molecular weight is 641 g/mol. The van der Waals surface area contributed by atoms with Crippen molar-refractivity contribution >= 4 is 66.7 Å². The summed E-state index contributed by atoms with van der Waals surface area (Å²) in [6, 6.07) is 19.9. The number of halogens is 3. The lowest BCUT2D eigenvalue weighted by atomic mass is 10.0. The summed E-state index contributed by atoms with van der Waals surface area (Å²) in [4.78, 5) is 28.6.